The summed E-state index contributed by atoms with van der Waals surface area (Å²) in [5.74, 6) is -6.79. The topological polar surface area (TPSA) is 77.9 Å². The van der Waals surface area contributed by atoms with Crippen molar-refractivity contribution < 1.29 is 22.4 Å². The highest BCUT2D eigenvalue weighted by Gasteiger charge is 2.48. The van der Waals surface area contributed by atoms with Gasteiger partial charge in [0, 0.05) is 18.0 Å². The van der Waals surface area contributed by atoms with E-state index in [4.69, 9.17) is 5.53 Å². The number of amides is 1. The second-order valence-corrected chi connectivity index (χ2v) is 2.13. The molecule has 0 rings (SSSR count). The number of rotatable bonds is 5. The highest BCUT2D eigenvalue weighted by molar-refractivity contribution is 5.83. The van der Waals surface area contributed by atoms with E-state index in [0.717, 1.165) is 0 Å². The van der Waals surface area contributed by atoms with Gasteiger partial charge < -0.3 is 5.32 Å². The van der Waals surface area contributed by atoms with Crippen molar-refractivity contribution in [2.45, 2.75) is 12.3 Å². The molecule has 0 unspecified atom stereocenters. The smallest absolute Gasteiger partial charge is 0.351 e. The lowest BCUT2D eigenvalue weighted by atomic mass is 10.3. The molecule has 0 aromatic heterocycles. The van der Waals surface area contributed by atoms with E-state index in [1.54, 1.807) is 0 Å². The first-order chi connectivity index (χ1) is 6.42. The van der Waals surface area contributed by atoms with E-state index in [1.165, 1.54) is 5.32 Å². The molecule has 0 aliphatic carbocycles. The molecule has 14 heavy (non-hydrogen) atoms. The van der Waals surface area contributed by atoms with E-state index in [-0.39, 0.29) is 6.54 Å². The van der Waals surface area contributed by atoms with Gasteiger partial charge in [-0.3, -0.25) is 4.79 Å². The normalized spacial score (nSPS) is 10.9. The summed E-state index contributed by atoms with van der Waals surface area (Å²) in [5, 5.41) is 4.41. The third-order valence-corrected chi connectivity index (χ3v) is 1.14. The molecule has 0 aromatic rings. The van der Waals surface area contributed by atoms with Crippen LogP contribution in [0.25, 0.3) is 10.4 Å². The van der Waals surface area contributed by atoms with Crippen LogP contribution in [0.3, 0.4) is 0 Å². The predicted octanol–water partition coefficient (Wildman–Crippen LogP) is 1.31. The molecule has 80 valence electrons. The van der Waals surface area contributed by atoms with Crippen molar-refractivity contribution in [3.05, 3.63) is 10.4 Å². The van der Waals surface area contributed by atoms with Crippen LogP contribution in [0.1, 0.15) is 0 Å². The predicted molar refractivity (Wildman–Crippen MR) is 38.0 cm³/mol. The van der Waals surface area contributed by atoms with Crippen molar-refractivity contribution in [3.8, 4) is 0 Å². The SMILES string of the molecule is [N-]=[N+]=NCCNC(=O)C(F)(F)C(F)F. The second-order valence-electron chi connectivity index (χ2n) is 2.13. The Balaban J connectivity index is 4.01. The lowest BCUT2D eigenvalue weighted by Crippen LogP contribution is -2.45. The van der Waals surface area contributed by atoms with Crippen LogP contribution in [0, 0.1) is 0 Å². The van der Waals surface area contributed by atoms with Crippen LogP contribution in [0.15, 0.2) is 5.11 Å². The third kappa shape index (κ3) is 3.48. The summed E-state index contributed by atoms with van der Waals surface area (Å²) < 4.78 is 47.5. The Kier molecular flexibility index (Phi) is 4.71. The Bertz CT molecular complexity index is 250. The number of carbonyl (C=O) groups excluding carboxylic acids is 1. The number of hydrogen-bond donors (Lipinski definition) is 1. The zero-order chi connectivity index (χ0) is 11.2. The molecule has 1 amide bonds. The first-order valence-electron chi connectivity index (χ1n) is 3.38. The van der Waals surface area contributed by atoms with E-state index >= 15 is 0 Å². The van der Waals surface area contributed by atoms with Crippen LogP contribution in [-0.4, -0.2) is 31.3 Å². The van der Waals surface area contributed by atoms with E-state index in [0.29, 0.717) is 0 Å². The molecule has 0 saturated heterocycles. The van der Waals surface area contributed by atoms with Gasteiger partial charge in [0.1, 0.15) is 0 Å². The molecule has 0 fully saturated rings. The van der Waals surface area contributed by atoms with E-state index in [2.05, 4.69) is 10.0 Å². The molecule has 0 atom stereocenters. The van der Waals surface area contributed by atoms with Gasteiger partial charge in [0.15, 0.2) is 0 Å². The molecule has 1 N–H and O–H groups in total. The number of carbonyl (C=O) groups is 1. The van der Waals surface area contributed by atoms with Crippen molar-refractivity contribution in [2.24, 2.45) is 5.11 Å². The maximum Gasteiger partial charge on any atom is 0.383 e. The fourth-order valence-corrected chi connectivity index (χ4v) is 0.481. The van der Waals surface area contributed by atoms with Crippen molar-refractivity contribution in [2.75, 3.05) is 13.1 Å². The van der Waals surface area contributed by atoms with Gasteiger partial charge in [-0.05, 0) is 5.53 Å². The number of azide groups is 1. The standard InChI is InChI=1S/C5H6F4N4O/c6-3(7)5(8,9)4(14)11-1-2-12-13-10/h3H,1-2H2,(H,11,14). The lowest BCUT2D eigenvalue weighted by molar-refractivity contribution is -0.169. The van der Waals surface area contributed by atoms with Crippen LogP contribution in [0.4, 0.5) is 17.6 Å². The fraction of sp³-hybridized carbons (Fsp3) is 0.800. The average Bonchev–Trinajstić information content (AvgIpc) is 2.11. The van der Waals surface area contributed by atoms with E-state index in [9.17, 15) is 22.4 Å². The molecule has 0 aromatic carbocycles. The highest BCUT2D eigenvalue weighted by Crippen LogP contribution is 2.22. The van der Waals surface area contributed by atoms with Crippen molar-refractivity contribution in [1.82, 2.24) is 5.32 Å². The molecule has 0 radical (unpaired) electrons. The molecular formula is C5H6F4N4O. The number of nitrogens with one attached hydrogen (secondary N) is 1. The molecule has 0 spiro atoms. The van der Waals surface area contributed by atoms with Gasteiger partial charge in [-0.2, -0.15) is 8.78 Å². The van der Waals surface area contributed by atoms with Gasteiger partial charge in [0.25, 0.3) is 5.91 Å². The van der Waals surface area contributed by atoms with Gasteiger partial charge in [-0.25, -0.2) is 8.78 Å². The summed E-state index contributed by atoms with van der Waals surface area (Å²) in [6, 6.07) is 0. The Labute approximate surface area is 75.7 Å². The van der Waals surface area contributed by atoms with Gasteiger partial charge >= 0.3 is 12.3 Å². The van der Waals surface area contributed by atoms with Gasteiger partial charge in [0.05, 0.1) is 0 Å². The zero-order valence-electron chi connectivity index (χ0n) is 6.75. The van der Waals surface area contributed by atoms with E-state index in [1.807, 2.05) is 0 Å². The highest BCUT2D eigenvalue weighted by atomic mass is 19.3. The Hall–Kier alpha value is -1.50. The molecule has 0 bridgehead atoms. The summed E-state index contributed by atoms with van der Waals surface area (Å²) in [6.45, 7) is -0.688. The molecule has 9 heteroatoms. The third-order valence-electron chi connectivity index (χ3n) is 1.14. The maximum atomic E-state index is 12.2. The Morgan fingerprint density at radius 2 is 2.14 bits per heavy atom. The first kappa shape index (κ1) is 12.5. The first-order valence-corrected chi connectivity index (χ1v) is 3.38. The number of nitrogens with zero attached hydrogens (tertiary/aromatic N) is 3. The zero-order valence-corrected chi connectivity index (χ0v) is 6.75. The summed E-state index contributed by atoms with van der Waals surface area (Å²) in [4.78, 5) is 12.7. The quantitative estimate of drug-likeness (QED) is 0.242. The van der Waals surface area contributed by atoms with Gasteiger partial charge in [0.2, 0.25) is 0 Å². The van der Waals surface area contributed by atoms with Crippen LogP contribution >= 0.6 is 0 Å². The summed E-state index contributed by atoms with van der Waals surface area (Å²) in [5.41, 5.74) is 7.76. The van der Waals surface area contributed by atoms with Crippen molar-refractivity contribution >= 4 is 5.91 Å². The Morgan fingerprint density at radius 1 is 1.57 bits per heavy atom. The fourth-order valence-electron chi connectivity index (χ4n) is 0.481. The van der Waals surface area contributed by atoms with Crippen LogP contribution in [0.5, 0.6) is 0 Å². The summed E-state index contributed by atoms with van der Waals surface area (Å²) in [6.07, 6.45) is -4.05. The minimum atomic E-state index is -4.71. The van der Waals surface area contributed by atoms with Crippen LogP contribution in [0.2, 0.25) is 0 Å². The lowest BCUT2D eigenvalue weighted by Gasteiger charge is -2.13. The second kappa shape index (κ2) is 5.28. The monoisotopic (exact) mass is 214 g/mol. The van der Waals surface area contributed by atoms with Gasteiger partial charge in [-0.15, -0.1) is 0 Å². The van der Waals surface area contributed by atoms with Crippen molar-refractivity contribution in [3.63, 3.8) is 0 Å². The largest absolute Gasteiger partial charge is 0.383 e. The van der Waals surface area contributed by atoms with Gasteiger partial charge in [-0.1, -0.05) is 5.11 Å². The molecule has 0 heterocycles. The minimum Gasteiger partial charge on any atom is -0.351 e. The van der Waals surface area contributed by atoms with Crippen LogP contribution in [-0.2, 0) is 4.79 Å². The molecule has 0 aliphatic rings. The molecular weight excluding hydrogens is 208 g/mol. The molecule has 5 nitrogen and oxygen atoms in total. The average molecular weight is 214 g/mol. The number of hydrogen-bond acceptors (Lipinski definition) is 2. The Morgan fingerprint density at radius 3 is 2.57 bits per heavy atom. The van der Waals surface area contributed by atoms with E-state index < -0.39 is 24.8 Å². The summed E-state index contributed by atoms with van der Waals surface area (Å²) >= 11 is 0. The molecule has 0 aliphatic heterocycles. The summed E-state index contributed by atoms with van der Waals surface area (Å²) in [7, 11) is 0. The molecule has 0 saturated carbocycles. The van der Waals surface area contributed by atoms with Crippen molar-refractivity contribution in [1.29, 1.82) is 0 Å². The van der Waals surface area contributed by atoms with Crippen LogP contribution < -0.4 is 5.32 Å². The number of halogens is 4. The minimum absolute atomic E-state index is 0.276. The maximum absolute atomic E-state index is 12.2. The number of alkyl halides is 4.